The number of fused-ring (bicyclic) bond motifs is 1. The van der Waals surface area contributed by atoms with Crippen LogP contribution >= 0.6 is 11.6 Å². The smallest absolute Gasteiger partial charge is 0.0988 e. The normalized spacial score (nSPS) is 21.1. The first kappa shape index (κ1) is 12.0. The van der Waals surface area contributed by atoms with Crippen molar-refractivity contribution in [2.45, 2.75) is 19.4 Å². The molecule has 1 aliphatic rings. The van der Waals surface area contributed by atoms with E-state index in [2.05, 4.69) is 17.2 Å². The molecular weight excluding hydrogens is 248 g/mol. The van der Waals surface area contributed by atoms with Crippen LogP contribution in [-0.2, 0) is 4.74 Å². The van der Waals surface area contributed by atoms with Crippen molar-refractivity contribution in [3.63, 3.8) is 0 Å². The van der Waals surface area contributed by atoms with Crippen LogP contribution in [0.5, 0.6) is 0 Å². The van der Waals surface area contributed by atoms with E-state index >= 15 is 0 Å². The maximum atomic E-state index is 6.06. The van der Waals surface area contributed by atoms with Gasteiger partial charge in [-0.25, -0.2) is 0 Å². The molecule has 0 saturated carbocycles. The molecule has 1 atom stereocenters. The van der Waals surface area contributed by atoms with Crippen LogP contribution in [0.25, 0.3) is 10.9 Å². The first-order valence-corrected chi connectivity index (χ1v) is 6.73. The van der Waals surface area contributed by atoms with Crippen LogP contribution in [0.2, 0.25) is 5.02 Å². The van der Waals surface area contributed by atoms with Gasteiger partial charge in [-0.05, 0) is 43.7 Å². The van der Waals surface area contributed by atoms with Gasteiger partial charge in [0.25, 0.3) is 0 Å². The van der Waals surface area contributed by atoms with E-state index in [0.29, 0.717) is 0 Å². The molecule has 3 rings (SSSR count). The van der Waals surface area contributed by atoms with Crippen LogP contribution in [0.1, 0.15) is 23.8 Å². The molecule has 1 unspecified atom stereocenters. The molecule has 1 aliphatic heterocycles. The van der Waals surface area contributed by atoms with Crippen molar-refractivity contribution in [2.75, 3.05) is 19.7 Å². The summed E-state index contributed by atoms with van der Waals surface area (Å²) < 4.78 is 5.90. The van der Waals surface area contributed by atoms with Gasteiger partial charge in [0.05, 0.1) is 12.7 Å². The average Bonchev–Trinajstić information content (AvgIpc) is 2.59. The first-order valence-electron chi connectivity index (χ1n) is 6.36. The molecule has 0 radical (unpaired) electrons. The number of hydrogen-bond acceptors (Lipinski definition) is 2. The fourth-order valence-electron chi connectivity index (χ4n) is 2.58. The zero-order valence-corrected chi connectivity index (χ0v) is 11.2. The number of H-pyrrole nitrogens is 1. The van der Waals surface area contributed by atoms with E-state index < -0.39 is 0 Å². The SMILES string of the molecule is Cc1c(C2CCNCCO2)[nH]c2ccc(Cl)cc12. The Morgan fingerprint density at radius 3 is 3.11 bits per heavy atom. The second-order valence-corrected chi connectivity index (χ2v) is 5.19. The molecule has 3 nitrogen and oxygen atoms in total. The summed E-state index contributed by atoms with van der Waals surface area (Å²) in [5.74, 6) is 0. The Morgan fingerprint density at radius 1 is 1.33 bits per heavy atom. The van der Waals surface area contributed by atoms with E-state index in [9.17, 15) is 0 Å². The highest BCUT2D eigenvalue weighted by molar-refractivity contribution is 6.31. The number of benzene rings is 1. The monoisotopic (exact) mass is 264 g/mol. The van der Waals surface area contributed by atoms with E-state index in [0.717, 1.165) is 36.7 Å². The predicted molar refractivity (Wildman–Crippen MR) is 74.2 cm³/mol. The molecule has 96 valence electrons. The third-order valence-corrected chi connectivity index (χ3v) is 3.80. The van der Waals surface area contributed by atoms with Crippen LogP contribution < -0.4 is 5.32 Å². The van der Waals surface area contributed by atoms with Crippen molar-refractivity contribution in [1.82, 2.24) is 10.3 Å². The highest BCUT2D eigenvalue weighted by Gasteiger charge is 2.19. The van der Waals surface area contributed by atoms with Gasteiger partial charge in [0.2, 0.25) is 0 Å². The number of halogens is 1. The summed E-state index contributed by atoms with van der Waals surface area (Å²) in [6.45, 7) is 4.83. The number of hydrogen-bond donors (Lipinski definition) is 2. The average molecular weight is 265 g/mol. The first-order chi connectivity index (χ1) is 8.75. The van der Waals surface area contributed by atoms with Crippen molar-refractivity contribution in [2.24, 2.45) is 0 Å². The van der Waals surface area contributed by atoms with Crippen LogP contribution in [-0.4, -0.2) is 24.7 Å². The maximum absolute atomic E-state index is 6.06. The number of rotatable bonds is 1. The maximum Gasteiger partial charge on any atom is 0.0988 e. The minimum absolute atomic E-state index is 0.158. The van der Waals surface area contributed by atoms with Crippen molar-refractivity contribution in [3.8, 4) is 0 Å². The highest BCUT2D eigenvalue weighted by atomic mass is 35.5. The lowest BCUT2D eigenvalue weighted by Gasteiger charge is -2.14. The molecule has 4 heteroatoms. The summed E-state index contributed by atoms with van der Waals surface area (Å²) in [5.41, 5.74) is 3.57. The number of aryl methyl sites for hydroxylation is 1. The lowest BCUT2D eigenvalue weighted by Crippen LogP contribution is -2.16. The third-order valence-electron chi connectivity index (χ3n) is 3.56. The standard InChI is InChI=1S/C14H17ClN2O/c1-9-11-8-10(15)2-3-12(11)17-14(9)13-4-5-16-6-7-18-13/h2-3,8,13,16-17H,4-7H2,1H3. The fraction of sp³-hybridized carbons (Fsp3) is 0.429. The molecule has 1 fully saturated rings. The summed E-state index contributed by atoms with van der Waals surface area (Å²) >= 11 is 6.06. The summed E-state index contributed by atoms with van der Waals surface area (Å²) in [7, 11) is 0. The van der Waals surface area contributed by atoms with E-state index in [1.54, 1.807) is 0 Å². The van der Waals surface area contributed by atoms with Gasteiger partial charge in [0.15, 0.2) is 0 Å². The van der Waals surface area contributed by atoms with Crippen molar-refractivity contribution < 1.29 is 4.74 Å². The zero-order chi connectivity index (χ0) is 12.5. The second kappa shape index (κ2) is 4.92. The Bertz CT molecular complexity index is 556. The zero-order valence-electron chi connectivity index (χ0n) is 10.4. The van der Waals surface area contributed by atoms with Gasteiger partial charge in [-0.15, -0.1) is 0 Å². The van der Waals surface area contributed by atoms with E-state index in [-0.39, 0.29) is 6.10 Å². The third kappa shape index (κ3) is 2.14. The highest BCUT2D eigenvalue weighted by Crippen LogP contribution is 2.31. The number of ether oxygens (including phenoxy) is 1. The summed E-state index contributed by atoms with van der Waals surface area (Å²) in [5, 5.41) is 5.32. The molecule has 0 aliphatic carbocycles. The summed E-state index contributed by atoms with van der Waals surface area (Å²) in [6.07, 6.45) is 1.16. The number of aromatic amines is 1. The van der Waals surface area contributed by atoms with E-state index in [1.807, 2.05) is 18.2 Å². The molecule has 18 heavy (non-hydrogen) atoms. The lowest BCUT2D eigenvalue weighted by molar-refractivity contribution is 0.0615. The Labute approximate surface area is 111 Å². The van der Waals surface area contributed by atoms with Crippen LogP contribution in [0.4, 0.5) is 0 Å². The summed E-state index contributed by atoms with van der Waals surface area (Å²) in [4.78, 5) is 3.48. The Kier molecular flexibility index (Phi) is 3.29. The number of aromatic nitrogens is 1. The molecule has 1 aromatic heterocycles. The quantitative estimate of drug-likeness (QED) is 0.830. The molecule has 2 heterocycles. The topological polar surface area (TPSA) is 37.0 Å². The largest absolute Gasteiger partial charge is 0.371 e. The molecule has 2 N–H and O–H groups in total. The second-order valence-electron chi connectivity index (χ2n) is 4.75. The Hall–Kier alpha value is -1.03. The van der Waals surface area contributed by atoms with Gasteiger partial charge < -0.3 is 15.0 Å². The van der Waals surface area contributed by atoms with Gasteiger partial charge >= 0.3 is 0 Å². The summed E-state index contributed by atoms with van der Waals surface area (Å²) in [6, 6.07) is 5.96. The molecule has 0 amide bonds. The minimum Gasteiger partial charge on any atom is -0.371 e. The molecule has 0 bridgehead atoms. The van der Waals surface area contributed by atoms with Gasteiger partial charge in [-0.3, -0.25) is 0 Å². The molecule has 2 aromatic rings. The predicted octanol–water partition coefficient (Wildman–Crippen LogP) is 3.18. The molecule has 0 spiro atoms. The van der Waals surface area contributed by atoms with Gasteiger partial charge in [-0.1, -0.05) is 11.6 Å². The van der Waals surface area contributed by atoms with Crippen molar-refractivity contribution >= 4 is 22.5 Å². The van der Waals surface area contributed by atoms with Crippen LogP contribution in [0.3, 0.4) is 0 Å². The molecule has 1 aromatic carbocycles. The van der Waals surface area contributed by atoms with Gasteiger partial charge in [0.1, 0.15) is 0 Å². The Morgan fingerprint density at radius 2 is 2.22 bits per heavy atom. The molecule has 1 saturated heterocycles. The van der Waals surface area contributed by atoms with Gasteiger partial charge in [0, 0.05) is 28.2 Å². The van der Waals surface area contributed by atoms with Crippen molar-refractivity contribution in [3.05, 3.63) is 34.5 Å². The van der Waals surface area contributed by atoms with E-state index in [1.165, 1.54) is 16.6 Å². The number of nitrogens with one attached hydrogen (secondary N) is 2. The van der Waals surface area contributed by atoms with E-state index in [4.69, 9.17) is 16.3 Å². The fourth-order valence-corrected chi connectivity index (χ4v) is 2.76. The Balaban J connectivity index is 2.03. The van der Waals surface area contributed by atoms with Crippen LogP contribution in [0, 0.1) is 6.92 Å². The van der Waals surface area contributed by atoms with Gasteiger partial charge in [-0.2, -0.15) is 0 Å². The minimum atomic E-state index is 0.158. The lowest BCUT2D eigenvalue weighted by atomic mass is 10.1. The van der Waals surface area contributed by atoms with Crippen LogP contribution in [0.15, 0.2) is 18.2 Å². The molecular formula is C14H17ClN2O. The van der Waals surface area contributed by atoms with Crippen molar-refractivity contribution in [1.29, 1.82) is 0 Å².